The molecule has 4 aromatic rings. The van der Waals surface area contributed by atoms with Crippen molar-refractivity contribution in [2.24, 2.45) is 10.9 Å². The van der Waals surface area contributed by atoms with Crippen molar-refractivity contribution in [1.82, 2.24) is 9.55 Å². The number of pyridine rings is 1. The quantitative estimate of drug-likeness (QED) is 0.320. The molecule has 5 nitrogen and oxygen atoms in total. The molecule has 1 atom stereocenters. The lowest BCUT2D eigenvalue weighted by Gasteiger charge is -2.33. The molecule has 1 fully saturated rings. The maximum absolute atomic E-state index is 14.0. The van der Waals surface area contributed by atoms with Gasteiger partial charge in [0, 0.05) is 41.6 Å². The number of ether oxygens (including phenoxy) is 1. The average molecular weight is 512 g/mol. The molecule has 1 saturated heterocycles. The summed E-state index contributed by atoms with van der Waals surface area (Å²) >= 11 is 0. The fourth-order valence-electron chi connectivity index (χ4n) is 6.21. The zero-order valence-electron chi connectivity index (χ0n) is 22.5. The summed E-state index contributed by atoms with van der Waals surface area (Å²) in [6.07, 6.45) is 3.79. The monoisotopic (exact) mass is 511 g/mol. The summed E-state index contributed by atoms with van der Waals surface area (Å²) in [5.41, 5.74) is 8.40. The largest absolute Gasteiger partial charge is 0.386 e. The predicted molar refractivity (Wildman–Crippen MR) is 151 cm³/mol. The summed E-state index contributed by atoms with van der Waals surface area (Å²) in [5.74, 6) is 0.0616. The van der Waals surface area contributed by atoms with Crippen LogP contribution in [0.15, 0.2) is 65.3 Å². The smallest absolute Gasteiger partial charge is 0.123 e. The Hall–Kier alpha value is -3.35. The van der Waals surface area contributed by atoms with Crippen LogP contribution in [0, 0.1) is 11.7 Å². The Balaban J connectivity index is 1.68. The van der Waals surface area contributed by atoms with E-state index in [1.807, 2.05) is 38.2 Å². The van der Waals surface area contributed by atoms with Crippen LogP contribution in [0.2, 0.25) is 0 Å². The molecule has 38 heavy (non-hydrogen) atoms. The molecule has 196 valence electrons. The number of benzene rings is 2. The van der Waals surface area contributed by atoms with Gasteiger partial charge in [-0.05, 0) is 87.4 Å². The molecular weight excluding hydrogens is 477 g/mol. The van der Waals surface area contributed by atoms with Crippen LogP contribution in [-0.4, -0.2) is 40.1 Å². The van der Waals surface area contributed by atoms with E-state index in [1.165, 1.54) is 5.57 Å². The summed E-state index contributed by atoms with van der Waals surface area (Å²) in [7, 11) is 0. The molecule has 6 rings (SSSR count). The summed E-state index contributed by atoms with van der Waals surface area (Å²) in [5, 5.41) is 11.9. The molecule has 6 heteroatoms. The van der Waals surface area contributed by atoms with E-state index in [4.69, 9.17) is 9.72 Å². The summed E-state index contributed by atoms with van der Waals surface area (Å²) in [6, 6.07) is 15.3. The second-order valence-electron chi connectivity index (χ2n) is 11.3. The van der Waals surface area contributed by atoms with E-state index in [0.29, 0.717) is 19.1 Å². The first kappa shape index (κ1) is 25.0. The lowest BCUT2D eigenvalue weighted by Crippen LogP contribution is -2.27. The lowest BCUT2D eigenvalue weighted by atomic mass is 9.86. The van der Waals surface area contributed by atoms with Crippen molar-refractivity contribution >= 4 is 33.2 Å². The topological polar surface area (TPSA) is 59.6 Å². The molecule has 1 N–H and O–H groups in total. The van der Waals surface area contributed by atoms with Crippen molar-refractivity contribution < 1.29 is 14.2 Å². The molecule has 1 unspecified atom stereocenters. The fourth-order valence-corrected chi connectivity index (χ4v) is 6.21. The van der Waals surface area contributed by atoms with Crippen molar-refractivity contribution in [2.45, 2.75) is 52.2 Å². The normalized spacial score (nSPS) is 18.0. The Kier molecular flexibility index (Phi) is 6.20. The molecule has 0 bridgehead atoms. The van der Waals surface area contributed by atoms with Crippen molar-refractivity contribution in [1.29, 1.82) is 0 Å². The van der Waals surface area contributed by atoms with Crippen LogP contribution in [0.3, 0.4) is 0 Å². The Morgan fingerprint density at radius 1 is 1.03 bits per heavy atom. The molecule has 0 saturated carbocycles. The van der Waals surface area contributed by atoms with Gasteiger partial charge in [0.1, 0.15) is 5.82 Å². The average Bonchev–Trinajstić information content (AvgIpc) is 3.41. The van der Waals surface area contributed by atoms with Gasteiger partial charge in [-0.2, -0.15) is 0 Å². The van der Waals surface area contributed by atoms with Gasteiger partial charge in [0.05, 0.1) is 34.7 Å². The third-order valence-corrected chi connectivity index (χ3v) is 8.18. The van der Waals surface area contributed by atoms with Gasteiger partial charge < -0.3 is 14.4 Å². The van der Waals surface area contributed by atoms with E-state index >= 15 is 0 Å². The second kappa shape index (κ2) is 9.44. The Morgan fingerprint density at radius 3 is 2.42 bits per heavy atom. The standard InChI is InChI=1S/C32H34FN3O2/c1-19-17-34-20(2)29(19)23-15-28-30(35-18-23)26-10-7-24(32(3,4)37)16-27(26)36(28)31(22-11-13-38-14-12-22)21-5-8-25(33)9-6-21/h5-10,15-16,18,22,31,37H,11-14,17H2,1-4H3. The van der Waals surface area contributed by atoms with Gasteiger partial charge >= 0.3 is 0 Å². The SMILES string of the molecule is CC1=NCC(C)=C1c1cnc2c3ccc(C(C)(C)O)cc3n(C(c3ccc(F)cc3)C3CCOCC3)c2c1. The first-order valence-corrected chi connectivity index (χ1v) is 13.4. The van der Waals surface area contributed by atoms with E-state index in [-0.39, 0.29) is 11.9 Å². The van der Waals surface area contributed by atoms with Crippen LogP contribution in [0.5, 0.6) is 0 Å². The number of fused-ring (bicyclic) bond motifs is 3. The molecule has 0 spiro atoms. The highest BCUT2D eigenvalue weighted by Gasteiger charge is 2.31. The summed E-state index contributed by atoms with van der Waals surface area (Å²) in [6.45, 7) is 9.95. The highest BCUT2D eigenvalue weighted by atomic mass is 19.1. The third kappa shape index (κ3) is 4.26. The van der Waals surface area contributed by atoms with Crippen LogP contribution in [0.25, 0.3) is 27.5 Å². The summed E-state index contributed by atoms with van der Waals surface area (Å²) < 4.78 is 22.2. The lowest BCUT2D eigenvalue weighted by molar-refractivity contribution is 0.0552. The van der Waals surface area contributed by atoms with Gasteiger partial charge in [0.15, 0.2) is 0 Å². The van der Waals surface area contributed by atoms with Crippen molar-refractivity contribution in [2.75, 3.05) is 19.8 Å². The minimum absolute atomic E-state index is 0.0398. The number of aliphatic hydroxyl groups is 1. The second-order valence-corrected chi connectivity index (χ2v) is 11.3. The number of allylic oxidation sites excluding steroid dienone is 1. The van der Waals surface area contributed by atoms with Gasteiger partial charge in [0.25, 0.3) is 0 Å². The van der Waals surface area contributed by atoms with Crippen LogP contribution in [0.1, 0.15) is 63.3 Å². The molecule has 2 aromatic heterocycles. The van der Waals surface area contributed by atoms with Crippen molar-refractivity contribution in [3.63, 3.8) is 0 Å². The van der Waals surface area contributed by atoms with Crippen LogP contribution in [-0.2, 0) is 10.3 Å². The molecular formula is C32H34FN3O2. The molecule has 0 radical (unpaired) electrons. The number of hydrogen-bond donors (Lipinski definition) is 1. The van der Waals surface area contributed by atoms with Gasteiger partial charge in [0.2, 0.25) is 0 Å². The number of halogens is 1. The number of aliphatic imine (C=N–C) groups is 1. The predicted octanol–water partition coefficient (Wildman–Crippen LogP) is 6.82. The van der Waals surface area contributed by atoms with Gasteiger partial charge in [-0.3, -0.25) is 9.98 Å². The summed E-state index contributed by atoms with van der Waals surface area (Å²) in [4.78, 5) is 9.67. The molecule has 2 aliphatic rings. The Bertz CT molecular complexity index is 1590. The van der Waals surface area contributed by atoms with Crippen LogP contribution in [0.4, 0.5) is 4.39 Å². The maximum atomic E-state index is 14.0. The molecule has 4 heterocycles. The first-order valence-electron chi connectivity index (χ1n) is 13.4. The number of rotatable bonds is 5. The molecule has 0 aliphatic carbocycles. The fraction of sp³-hybridized carbons (Fsp3) is 0.375. The van der Waals surface area contributed by atoms with E-state index in [0.717, 1.165) is 69.3 Å². The minimum atomic E-state index is -0.989. The number of aromatic nitrogens is 2. The van der Waals surface area contributed by atoms with Crippen LogP contribution < -0.4 is 0 Å². The van der Waals surface area contributed by atoms with Gasteiger partial charge in [-0.15, -0.1) is 0 Å². The highest BCUT2D eigenvalue weighted by molar-refractivity contribution is 6.25. The zero-order valence-corrected chi connectivity index (χ0v) is 22.5. The molecule has 2 aliphatic heterocycles. The zero-order chi connectivity index (χ0) is 26.6. The van der Waals surface area contributed by atoms with Gasteiger partial charge in [-0.25, -0.2) is 4.39 Å². The van der Waals surface area contributed by atoms with Crippen LogP contribution >= 0.6 is 0 Å². The minimum Gasteiger partial charge on any atom is -0.386 e. The van der Waals surface area contributed by atoms with E-state index < -0.39 is 5.60 Å². The van der Waals surface area contributed by atoms with Gasteiger partial charge in [-0.1, -0.05) is 24.3 Å². The third-order valence-electron chi connectivity index (χ3n) is 8.18. The van der Waals surface area contributed by atoms with E-state index in [1.54, 1.807) is 12.1 Å². The molecule has 2 aromatic carbocycles. The Labute approximate surface area is 222 Å². The highest BCUT2D eigenvalue weighted by Crippen LogP contribution is 2.42. The van der Waals surface area contributed by atoms with Crippen molar-refractivity contribution in [3.8, 4) is 0 Å². The number of hydrogen-bond acceptors (Lipinski definition) is 4. The maximum Gasteiger partial charge on any atom is 0.123 e. The van der Waals surface area contributed by atoms with E-state index in [9.17, 15) is 9.50 Å². The van der Waals surface area contributed by atoms with Crippen molar-refractivity contribution in [3.05, 3.63) is 82.8 Å². The first-order chi connectivity index (χ1) is 18.2. The number of nitrogens with zero attached hydrogens (tertiary/aromatic N) is 3. The Morgan fingerprint density at radius 2 is 1.76 bits per heavy atom. The van der Waals surface area contributed by atoms with E-state index in [2.05, 4.69) is 41.6 Å². The molecule has 0 amide bonds.